The summed E-state index contributed by atoms with van der Waals surface area (Å²) in [6.45, 7) is 0. The van der Waals surface area contributed by atoms with E-state index in [1.54, 1.807) is 0 Å². The van der Waals surface area contributed by atoms with Gasteiger partial charge in [-0.25, -0.2) is 0 Å². The molecule has 0 fully saturated rings. The summed E-state index contributed by atoms with van der Waals surface area (Å²) in [5.74, 6) is 0.534. The van der Waals surface area contributed by atoms with E-state index in [2.05, 4.69) is 0 Å². The summed E-state index contributed by atoms with van der Waals surface area (Å²) in [5, 5.41) is 10.6. The number of hydrogen-bond donors (Lipinski definition) is 0. The molecule has 5 nitrogen and oxygen atoms in total. The van der Waals surface area contributed by atoms with Crippen molar-refractivity contribution in [2.75, 3.05) is 14.2 Å². The number of nitrogens with zero attached hydrogens (tertiary/aromatic N) is 1. The van der Waals surface area contributed by atoms with Crippen molar-refractivity contribution in [2.45, 2.75) is 0 Å². The van der Waals surface area contributed by atoms with Gasteiger partial charge >= 0.3 is 0 Å². The lowest BCUT2D eigenvalue weighted by Gasteiger charge is -2.08. The van der Waals surface area contributed by atoms with E-state index in [1.165, 1.54) is 26.4 Å². The van der Waals surface area contributed by atoms with Gasteiger partial charge in [-0.05, 0) is 0 Å². The maximum atomic E-state index is 10.5. The molecule has 14 heavy (non-hydrogen) atoms. The number of rotatable bonds is 3. The molecule has 0 unspecified atom stereocenters. The van der Waals surface area contributed by atoms with Crippen molar-refractivity contribution in [1.82, 2.24) is 0 Å². The molecule has 0 amide bonds. The van der Waals surface area contributed by atoms with Gasteiger partial charge in [0.15, 0.2) is 11.5 Å². The Kier molecular flexibility index (Phi) is 3.14. The molecule has 0 aromatic heterocycles. The first-order valence-corrected chi connectivity index (χ1v) is 4.04. The highest BCUT2D eigenvalue weighted by Crippen LogP contribution is 2.38. The van der Waals surface area contributed by atoms with Crippen LogP contribution in [0.3, 0.4) is 0 Å². The predicted octanol–water partition coefficient (Wildman–Crippen LogP) is 2.27. The van der Waals surface area contributed by atoms with Crippen LogP contribution in [-0.4, -0.2) is 19.1 Å². The molecule has 0 aliphatic carbocycles. The first-order valence-electron chi connectivity index (χ1n) is 3.66. The fraction of sp³-hybridized carbons (Fsp3) is 0.250. The lowest BCUT2D eigenvalue weighted by atomic mass is 10.3. The molecule has 0 aliphatic rings. The van der Waals surface area contributed by atoms with Gasteiger partial charge in [0.1, 0.15) is 0 Å². The Morgan fingerprint density at radius 3 is 2.43 bits per heavy atom. The van der Waals surface area contributed by atoms with Crippen molar-refractivity contribution in [3.63, 3.8) is 0 Å². The molecule has 0 aliphatic heterocycles. The third kappa shape index (κ3) is 1.88. The van der Waals surface area contributed by atoms with Gasteiger partial charge in [0.2, 0.25) is 0 Å². The highest BCUT2D eigenvalue weighted by Gasteiger charge is 2.16. The number of halogens is 1. The summed E-state index contributed by atoms with van der Waals surface area (Å²) < 4.78 is 9.82. The quantitative estimate of drug-likeness (QED) is 0.576. The third-order valence-electron chi connectivity index (χ3n) is 1.63. The van der Waals surface area contributed by atoms with Crippen LogP contribution in [0.25, 0.3) is 0 Å². The zero-order chi connectivity index (χ0) is 10.7. The van der Waals surface area contributed by atoms with Crippen LogP contribution < -0.4 is 9.47 Å². The summed E-state index contributed by atoms with van der Waals surface area (Å²) in [6, 6.07) is 2.47. The third-order valence-corrected chi connectivity index (χ3v) is 1.91. The van der Waals surface area contributed by atoms with E-state index in [4.69, 9.17) is 21.1 Å². The first kappa shape index (κ1) is 10.6. The Labute approximate surface area is 85.3 Å². The smallest absolute Gasteiger partial charge is 0.274 e. The molecule has 0 bridgehead atoms. The molecule has 1 aromatic carbocycles. The van der Waals surface area contributed by atoms with Crippen LogP contribution in [-0.2, 0) is 0 Å². The summed E-state index contributed by atoms with van der Waals surface area (Å²) in [4.78, 5) is 9.92. The highest BCUT2D eigenvalue weighted by atomic mass is 35.5. The monoisotopic (exact) mass is 217 g/mol. The average molecular weight is 218 g/mol. The number of methoxy groups -OCH3 is 2. The molecule has 6 heteroatoms. The van der Waals surface area contributed by atoms with E-state index in [-0.39, 0.29) is 16.5 Å². The average Bonchev–Trinajstić information content (AvgIpc) is 2.16. The van der Waals surface area contributed by atoms with E-state index in [0.717, 1.165) is 0 Å². The zero-order valence-electron chi connectivity index (χ0n) is 7.61. The number of non-ortho nitro benzene ring substituents is 1. The molecule has 1 rings (SSSR count). The number of nitro groups is 1. The molecule has 0 atom stereocenters. The van der Waals surface area contributed by atoms with Crippen LogP contribution in [0.5, 0.6) is 11.5 Å². The van der Waals surface area contributed by atoms with Gasteiger partial charge in [0.25, 0.3) is 5.69 Å². The molecule has 0 saturated carbocycles. The number of ether oxygens (including phenoxy) is 2. The second kappa shape index (κ2) is 4.15. The molecule has 0 heterocycles. The van der Waals surface area contributed by atoms with E-state index < -0.39 is 4.92 Å². The van der Waals surface area contributed by atoms with Gasteiger partial charge in [-0.15, -0.1) is 0 Å². The Bertz CT molecular complexity index is 367. The van der Waals surface area contributed by atoms with Crippen molar-refractivity contribution in [3.8, 4) is 11.5 Å². The summed E-state index contributed by atoms with van der Waals surface area (Å²) in [5.41, 5.74) is -0.132. The van der Waals surface area contributed by atoms with E-state index in [0.29, 0.717) is 5.75 Å². The zero-order valence-corrected chi connectivity index (χ0v) is 8.37. The molecule has 1 aromatic rings. The van der Waals surface area contributed by atoms with Crippen LogP contribution in [0.4, 0.5) is 5.69 Å². The maximum Gasteiger partial charge on any atom is 0.274 e. The van der Waals surface area contributed by atoms with Gasteiger partial charge in [-0.2, -0.15) is 0 Å². The lowest BCUT2D eigenvalue weighted by molar-refractivity contribution is -0.384. The molecular weight excluding hydrogens is 210 g/mol. The van der Waals surface area contributed by atoms with Crippen molar-refractivity contribution in [1.29, 1.82) is 0 Å². The highest BCUT2D eigenvalue weighted by molar-refractivity contribution is 6.32. The standard InChI is InChI=1S/C8H8ClNO4/c1-13-7-4-5(10(11)12)3-6(9)8(7)14-2/h3-4H,1-2H3. The number of hydrogen-bond acceptors (Lipinski definition) is 4. The van der Waals surface area contributed by atoms with Gasteiger partial charge in [-0.1, -0.05) is 11.6 Å². The van der Waals surface area contributed by atoms with E-state index >= 15 is 0 Å². The van der Waals surface area contributed by atoms with Crippen molar-refractivity contribution in [3.05, 3.63) is 27.3 Å². The molecular formula is C8H8ClNO4. The number of nitro benzene ring substituents is 1. The van der Waals surface area contributed by atoms with Gasteiger partial charge in [0, 0.05) is 6.07 Å². The summed E-state index contributed by atoms with van der Waals surface area (Å²) >= 11 is 5.75. The Morgan fingerprint density at radius 1 is 1.36 bits per heavy atom. The lowest BCUT2D eigenvalue weighted by Crippen LogP contribution is -1.94. The topological polar surface area (TPSA) is 61.6 Å². The molecule has 76 valence electrons. The van der Waals surface area contributed by atoms with E-state index in [1.807, 2.05) is 0 Å². The van der Waals surface area contributed by atoms with Gasteiger partial charge < -0.3 is 9.47 Å². The van der Waals surface area contributed by atoms with Gasteiger partial charge in [-0.3, -0.25) is 10.1 Å². The minimum absolute atomic E-state index is 0.132. The molecule has 0 spiro atoms. The van der Waals surface area contributed by atoms with Crippen molar-refractivity contribution in [2.24, 2.45) is 0 Å². The Balaban J connectivity index is 3.31. The van der Waals surface area contributed by atoms with Crippen LogP contribution in [0.1, 0.15) is 0 Å². The fourth-order valence-electron chi connectivity index (χ4n) is 1.01. The van der Waals surface area contributed by atoms with Crippen LogP contribution >= 0.6 is 11.6 Å². The fourth-order valence-corrected chi connectivity index (χ4v) is 1.29. The van der Waals surface area contributed by atoms with Crippen LogP contribution in [0, 0.1) is 10.1 Å². The summed E-state index contributed by atoms with van der Waals surface area (Å²) in [7, 11) is 2.80. The summed E-state index contributed by atoms with van der Waals surface area (Å²) in [6.07, 6.45) is 0. The minimum atomic E-state index is -0.548. The predicted molar refractivity (Wildman–Crippen MR) is 51.2 cm³/mol. The number of benzene rings is 1. The Morgan fingerprint density at radius 2 is 2.00 bits per heavy atom. The molecule has 0 N–H and O–H groups in total. The second-order valence-electron chi connectivity index (χ2n) is 2.42. The van der Waals surface area contributed by atoms with Crippen LogP contribution in [0.2, 0.25) is 5.02 Å². The minimum Gasteiger partial charge on any atom is -0.493 e. The SMILES string of the molecule is COc1cc([N+](=O)[O-])cc(Cl)c1OC. The molecule has 0 saturated heterocycles. The first-order chi connectivity index (χ1) is 6.60. The largest absolute Gasteiger partial charge is 0.493 e. The van der Waals surface area contributed by atoms with E-state index in [9.17, 15) is 10.1 Å². The second-order valence-corrected chi connectivity index (χ2v) is 2.83. The van der Waals surface area contributed by atoms with Gasteiger partial charge in [0.05, 0.1) is 30.2 Å². The van der Waals surface area contributed by atoms with Crippen molar-refractivity contribution < 1.29 is 14.4 Å². The Hall–Kier alpha value is -1.49. The van der Waals surface area contributed by atoms with Crippen molar-refractivity contribution >= 4 is 17.3 Å². The molecule has 0 radical (unpaired) electrons. The van der Waals surface area contributed by atoms with Crippen LogP contribution in [0.15, 0.2) is 12.1 Å². The maximum absolute atomic E-state index is 10.5. The normalized spacial score (nSPS) is 9.64.